The molecule has 2 N–H and O–H groups in total. The van der Waals surface area contributed by atoms with E-state index in [-0.39, 0.29) is 18.1 Å². The molecule has 19 heavy (non-hydrogen) atoms. The lowest BCUT2D eigenvalue weighted by Gasteiger charge is -2.32. The number of allylic oxidation sites excluding steroid dienone is 1. The highest BCUT2D eigenvalue weighted by molar-refractivity contribution is 5.83. The van der Waals surface area contributed by atoms with E-state index in [0.717, 1.165) is 0 Å². The summed E-state index contributed by atoms with van der Waals surface area (Å²) in [6.07, 6.45) is 3.74. The van der Waals surface area contributed by atoms with Gasteiger partial charge in [0, 0.05) is 6.04 Å². The van der Waals surface area contributed by atoms with Crippen molar-refractivity contribution in [3.05, 3.63) is 12.2 Å². The summed E-state index contributed by atoms with van der Waals surface area (Å²) in [6.45, 7) is 2.64. The Hall–Kier alpha value is -1.40. The quantitative estimate of drug-likeness (QED) is 0.721. The molecule has 0 radical (unpaired) electrons. The minimum Gasteiger partial charge on any atom is -0.481 e. The van der Waals surface area contributed by atoms with Crippen LogP contribution in [0.15, 0.2) is 12.2 Å². The second-order valence-electron chi connectivity index (χ2n) is 4.87. The first-order valence-electron chi connectivity index (χ1n) is 6.51. The summed E-state index contributed by atoms with van der Waals surface area (Å²) in [7, 11) is 0. The van der Waals surface area contributed by atoms with E-state index in [9.17, 15) is 9.59 Å². The molecule has 0 saturated carbocycles. The Morgan fingerprint density at radius 2 is 1.89 bits per heavy atom. The molecular weight excluding hydrogens is 250 g/mol. The van der Waals surface area contributed by atoms with Crippen molar-refractivity contribution in [2.75, 3.05) is 13.2 Å². The highest BCUT2D eigenvalue weighted by Gasteiger charge is 2.35. The maximum absolute atomic E-state index is 12.1. The van der Waals surface area contributed by atoms with E-state index >= 15 is 0 Å². The van der Waals surface area contributed by atoms with Crippen LogP contribution in [0.4, 0.5) is 0 Å². The average molecular weight is 269 g/mol. The van der Waals surface area contributed by atoms with E-state index < -0.39 is 18.0 Å². The van der Waals surface area contributed by atoms with Crippen molar-refractivity contribution in [1.82, 2.24) is 5.32 Å². The topological polar surface area (TPSA) is 84.9 Å². The summed E-state index contributed by atoms with van der Waals surface area (Å²) in [4.78, 5) is 23.3. The van der Waals surface area contributed by atoms with Gasteiger partial charge in [0.05, 0.1) is 25.2 Å². The normalized spacial score (nSPS) is 34.8. The predicted octanol–water partition coefficient (Wildman–Crippen LogP) is 0.326. The predicted molar refractivity (Wildman–Crippen MR) is 66.6 cm³/mol. The molecule has 1 heterocycles. The van der Waals surface area contributed by atoms with Crippen molar-refractivity contribution >= 4 is 11.9 Å². The third-order valence-corrected chi connectivity index (χ3v) is 3.52. The van der Waals surface area contributed by atoms with Crippen molar-refractivity contribution in [3.8, 4) is 0 Å². The van der Waals surface area contributed by atoms with Crippen LogP contribution in [0.2, 0.25) is 0 Å². The van der Waals surface area contributed by atoms with Gasteiger partial charge in [-0.05, 0) is 19.8 Å². The zero-order valence-electron chi connectivity index (χ0n) is 10.9. The fourth-order valence-corrected chi connectivity index (χ4v) is 2.43. The highest BCUT2D eigenvalue weighted by Crippen LogP contribution is 2.20. The lowest BCUT2D eigenvalue weighted by atomic mass is 9.89. The van der Waals surface area contributed by atoms with Crippen LogP contribution in [0.1, 0.15) is 19.8 Å². The molecule has 6 nitrogen and oxygen atoms in total. The summed E-state index contributed by atoms with van der Waals surface area (Å²) in [5.74, 6) is -1.75. The van der Waals surface area contributed by atoms with Gasteiger partial charge in [-0.2, -0.15) is 0 Å². The molecule has 0 spiro atoms. The van der Waals surface area contributed by atoms with Gasteiger partial charge in [-0.1, -0.05) is 12.2 Å². The van der Waals surface area contributed by atoms with Gasteiger partial charge in [-0.25, -0.2) is 0 Å². The number of carboxylic acid groups (broad SMARTS) is 1. The summed E-state index contributed by atoms with van der Waals surface area (Å²) < 4.78 is 10.7. The Morgan fingerprint density at radius 1 is 1.21 bits per heavy atom. The molecule has 0 bridgehead atoms. The molecular formula is C13H19NO5. The van der Waals surface area contributed by atoms with Crippen LogP contribution in [-0.4, -0.2) is 48.4 Å². The lowest BCUT2D eigenvalue weighted by Crippen LogP contribution is -2.53. The number of hydrogen-bond donors (Lipinski definition) is 2. The number of amides is 1. The van der Waals surface area contributed by atoms with Crippen LogP contribution < -0.4 is 5.32 Å². The molecule has 6 heteroatoms. The number of aliphatic carboxylic acids is 1. The number of ether oxygens (including phenoxy) is 2. The van der Waals surface area contributed by atoms with Gasteiger partial charge in [-0.15, -0.1) is 0 Å². The van der Waals surface area contributed by atoms with Gasteiger partial charge in [0.25, 0.3) is 5.91 Å². The Kier molecular flexibility index (Phi) is 4.55. The van der Waals surface area contributed by atoms with Crippen molar-refractivity contribution in [1.29, 1.82) is 0 Å². The van der Waals surface area contributed by atoms with E-state index in [1.54, 1.807) is 6.92 Å². The SMILES string of the molecule is C[C@@H]1OCCO[C@@H]1C(=O)N[C@@H]1CC=CC[C@@H]1C(=O)O. The molecule has 2 rings (SSSR count). The van der Waals surface area contributed by atoms with Crippen LogP contribution >= 0.6 is 0 Å². The molecule has 4 atom stereocenters. The molecule has 1 aliphatic heterocycles. The smallest absolute Gasteiger partial charge is 0.308 e. The number of carbonyl (C=O) groups excluding carboxylic acids is 1. The first-order chi connectivity index (χ1) is 9.09. The second-order valence-corrected chi connectivity index (χ2v) is 4.87. The summed E-state index contributed by atoms with van der Waals surface area (Å²) in [5.41, 5.74) is 0. The van der Waals surface area contributed by atoms with Crippen LogP contribution in [0.5, 0.6) is 0 Å². The Balaban J connectivity index is 1.97. The standard InChI is InChI=1S/C13H19NO5/c1-8-11(19-7-6-18-8)12(15)14-10-5-3-2-4-9(10)13(16)17/h2-3,8-11H,4-7H2,1H3,(H,14,15)(H,16,17)/t8-,9-,10+,11-/m0/s1. The van der Waals surface area contributed by atoms with E-state index in [4.69, 9.17) is 14.6 Å². The van der Waals surface area contributed by atoms with Gasteiger partial charge in [-0.3, -0.25) is 9.59 Å². The first-order valence-corrected chi connectivity index (χ1v) is 6.51. The van der Waals surface area contributed by atoms with Crippen LogP contribution in [-0.2, 0) is 19.1 Å². The molecule has 106 valence electrons. The summed E-state index contributed by atoms with van der Waals surface area (Å²) in [6, 6.07) is -0.382. The summed E-state index contributed by atoms with van der Waals surface area (Å²) >= 11 is 0. The van der Waals surface area contributed by atoms with Gasteiger partial charge >= 0.3 is 5.97 Å². The fourth-order valence-electron chi connectivity index (χ4n) is 2.43. The highest BCUT2D eigenvalue weighted by atomic mass is 16.6. The van der Waals surface area contributed by atoms with Crippen molar-refractivity contribution in [2.45, 2.75) is 38.0 Å². The number of hydrogen-bond acceptors (Lipinski definition) is 4. The van der Waals surface area contributed by atoms with Gasteiger partial charge in [0.15, 0.2) is 6.10 Å². The molecule has 0 aromatic rings. The molecule has 1 aliphatic carbocycles. The van der Waals surface area contributed by atoms with Crippen molar-refractivity contribution in [3.63, 3.8) is 0 Å². The fraction of sp³-hybridized carbons (Fsp3) is 0.692. The van der Waals surface area contributed by atoms with Crippen molar-refractivity contribution < 1.29 is 24.2 Å². The molecule has 1 saturated heterocycles. The minimum atomic E-state index is -0.886. The Bertz CT molecular complexity index is 381. The third kappa shape index (κ3) is 3.33. The number of carbonyl (C=O) groups is 2. The van der Waals surface area contributed by atoms with Crippen LogP contribution in [0, 0.1) is 5.92 Å². The maximum Gasteiger partial charge on any atom is 0.308 e. The van der Waals surface area contributed by atoms with Gasteiger partial charge < -0.3 is 19.9 Å². The number of nitrogens with one attached hydrogen (secondary N) is 1. The van der Waals surface area contributed by atoms with Crippen LogP contribution in [0.3, 0.4) is 0 Å². The Morgan fingerprint density at radius 3 is 2.58 bits per heavy atom. The zero-order chi connectivity index (χ0) is 13.8. The molecule has 2 aliphatic rings. The van der Waals surface area contributed by atoms with Crippen LogP contribution in [0.25, 0.3) is 0 Å². The maximum atomic E-state index is 12.1. The largest absolute Gasteiger partial charge is 0.481 e. The van der Waals surface area contributed by atoms with E-state index in [2.05, 4.69) is 5.32 Å². The van der Waals surface area contributed by atoms with Gasteiger partial charge in [0.1, 0.15) is 0 Å². The molecule has 0 unspecified atom stereocenters. The zero-order valence-corrected chi connectivity index (χ0v) is 10.9. The molecule has 0 aromatic heterocycles. The summed E-state index contributed by atoms with van der Waals surface area (Å²) in [5, 5.41) is 11.9. The average Bonchev–Trinajstić information content (AvgIpc) is 2.39. The molecule has 1 amide bonds. The third-order valence-electron chi connectivity index (χ3n) is 3.52. The van der Waals surface area contributed by atoms with E-state index in [1.165, 1.54) is 0 Å². The second kappa shape index (κ2) is 6.16. The molecule has 0 aromatic carbocycles. The first kappa shape index (κ1) is 14.0. The lowest BCUT2D eigenvalue weighted by molar-refractivity contribution is -0.163. The minimum absolute atomic E-state index is 0.293. The monoisotopic (exact) mass is 269 g/mol. The molecule has 1 fully saturated rings. The van der Waals surface area contributed by atoms with Crippen molar-refractivity contribution in [2.24, 2.45) is 5.92 Å². The van der Waals surface area contributed by atoms with Gasteiger partial charge in [0.2, 0.25) is 0 Å². The number of carboxylic acids is 1. The van der Waals surface area contributed by atoms with E-state index in [1.807, 2.05) is 12.2 Å². The van der Waals surface area contributed by atoms with E-state index in [0.29, 0.717) is 26.1 Å². The number of rotatable bonds is 3. The Labute approximate surface area is 111 Å².